The fourth-order valence-corrected chi connectivity index (χ4v) is 1.99. The molecule has 1 aromatic carbocycles. The molecule has 0 aromatic heterocycles. The molecule has 0 atom stereocenters. The van der Waals surface area contributed by atoms with Crippen LogP contribution in [0.25, 0.3) is 5.57 Å². The zero-order valence-corrected chi connectivity index (χ0v) is 12.3. The summed E-state index contributed by atoms with van der Waals surface area (Å²) in [5.74, 6) is 0.548. The van der Waals surface area contributed by atoms with E-state index in [-0.39, 0.29) is 6.42 Å². The summed E-state index contributed by atoms with van der Waals surface area (Å²) in [7, 11) is 0. The molecule has 20 heavy (non-hydrogen) atoms. The van der Waals surface area contributed by atoms with Gasteiger partial charge < -0.3 is 14.6 Å². The molecule has 1 rings (SSSR count). The molecule has 1 aromatic rings. The van der Waals surface area contributed by atoms with Gasteiger partial charge in [0.25, 0.3) is 0 Å². The third kappa shape index (κ3) is 4.30. The number of aliphatic carboxylic acids is 1. The molecule has 0 fully saturated rings. The summed E-state index contributed by atoms with van der Waals surface area (Å²) in [6, 6.07) is 5.69. The molecule has 1 N–H and O–H groups in total. The fraction of sp³-hybridized carbons (Fsp3) is 0.438. The highest BCUT2D eigenvalue weighted by Crippen LogP contribution is 2.36. The average molecular weight is 278 g/mol. The first-order valence-electron chi connectivity index (χ1n) is 6.93. The minimum Gasteiger partial charge on any atom is -0.490 e. The summed E-state index contributed by atoms with van der Waals surface area (Å²) in [6.07, 6.45) is 2.48. The van der Waals surface area contributed by atoms with E-state index in [0.29, 0.717) is 24.7 Å². The van der Waals surface area contributed by atoms with Gasteiger partial charge in [-0.25, -0.2) is 0 Å². The average Bonchev–Trinajstić information content (AvgIpc) is 2.42. The number of hydrogen-bond acceptors (Lipinski definition) is 3. The second kappa shape index (κ2) is 8.25. The van der Waals surface area contributed by atoms with Gasteiger partial charge in [-0.15, -0.1) is 0 Å². The standard InChI is InChI=1S/C16H22O4/c1-4-12(10-11-15(17)18)13-8-7-9-14(19-5-2)16(13)20-6-3/h7-10H,4-6,11H2,1-3H3,(H,17,18)/b12-10+. The maximum Gasteiger partial charge on any atom is 0.307 e. The van der Waals surface area contributed by atoms with Crippen LogP contribution in [0.1, 0.15) is 39.2 Å². The van der Waals surface area contributed by atoms with Gasteiger partial charge in [-0.2, -0.15) is 0 Å². The van der Waals surface area contributed by atoms with Crippen molar-refractivity contribution in [3.8, 4) is 11.5 Å². The summed E-state index contributed by atoms with van der Waals surface area (Å²) in [5, 5.41) is 8.82. The van der Waals surface area contributed by atoms with Gasteiger partial charge in [0, 0.05) is 5.56 Å². The summed E-state index contributed by atoms with van der Waals surface area (Å²) in [5.41, 5.74) is 1.86. The van der Waals surface area contributed by atoms with Gasteiger partial charge >= 0.3 is 5.97 Å². The van der Waals surface area contributed by atoms with Gasteiger partial charge in [-0.3, -0.25) is 4.79 Å². The van der Waals surface area contributed by atoms with Crippen LogP contribution in [0.4, 0.5) is 0 Å². The van der Waals surface area contributed by atoms with Crippen molar-refractivity contribution >= 4 is 11.5 Å². The Morgan fingerprint density at radius 1 is 1.20 bits per heavy atom. The van der Waals surface area contributed by atoms with Crippen molar-refractivity contribution in [1.29, 1.82) is 0 Å². The molecular formula is C16H22O4. The van der Waals surface area contributed by atoms with Crippen LogP contribution in [0.3, 0.4) is 0 Å². The van der Waals surface area contributed by atoms with Crippen LogP contribution in [0, 0.1) is 0 Å². The predicted molar refractivity (Wildman–Crippen MR) is 79.3 cm³/mol. The van der Waals surface area contributed by atoms with Crippen LogP contribution < -0.4 is 9.47 Å². The first-order chi connectivity index (χ1) is 9.63. The highest BCUT2D eigenvalue weighted by molar-refractivity contribution is 5.77. The van der Waals surface area contributed by atoms with Crippen molar-refractivity contribution in [2.24, 2.45) is 0 Å². The lowest BCUT2D eigenvalue weighted by molar-refractivity contribution is -0.135. The van der Waals surface area contributed by atoms with E-state index in [0.717, 1.165) is 17.6 Å². The Labute approximate surface area is 120 Å². The van der Waals surface area contributed by atoms with Gasteiger partial charge in [0.05, 0.1) is 19.6 Å². The number of carbonyl (C=O) groups is 1. The molecule has 0 heterocycles. The van der Waals surface area contributed by atoms with Gasteiger partial charge in [0.2, 0.25) is 0 Å². The number of carboxylic acids is 1. The number of carboxylic acid groups (broad SMARTS) is 1. The van der Waals surface area contributed by atoms with Gasteiger partial charge in [0.1, 0.15) is 0 Å². The van der Waals surface area contributed by atoms with E-state index >= 15 is 0 Å². The molecule has 0 spiro atoms. The third-order valence-electron chi connectivity index (χ3n) is 2.82. The second-order valence-electron chi connectivity index (χ2n) is 4.18. The Kier molecular flexibility index (Phi) is 6.64. The summed E-state index contributed by atoms with van der Waals surface area (Å²) in [4.78, 5) is 10.7. The molecule has 0 saturated heterocycles. The molecule has 0 amide bonds. The summed E-state index contributed by atoms with van der Waals surface area (Å²) >= 11 is 0. The molecule has 0 radical (unpaired) electrons. The molecule has 0 saturated carbocycles. The molecule has 4 heteroatoms. The second-order valence-corrected chi connectivity index (χ2v) is 4.18. The molecule has 0 bridgehead atoms. The minimum atomic E-state index is -0.838. The van der Waals surface area contributed by atoms with Gasteiger partial charge in [0.15, 0.2) is 11.5 Å². The lowest BCUT2D eigenvalue weighted by Gasteiger charge is -2.16. The first-order valence-corrected chi connectivity index (χ1v) is 6.93. The van der Waals surface area contributed by atoms with Crippen molar-refractivity contribution in [3.05, 3.63) is 29.8 Å². The quantitative estimate of drug-likeness (QED) is 0.786. The van der Waals surface area contributed by atoms with Crippen molar-refractivity contribution in [2.75, 3.05) is 13.2 Å². The highest BCUT2D eigenvalue weighted by atomic mass is 16.5. The van der Waals surface area contributed by atoms with E-state index in [1.54, 1.807) is 6.08 Å². The van der Waals surface area contributed by atoms with E-state index < -0.39 is 5.97 Å². The lowest BCUT2D eigenvalue weighted by Crippen LogP contribution is -2.02. The van der Waals surface area contributed by atoms with E-state index in [2.05, 4.69) is 0 Å². The van der Waals surface area contributed by atoms with Gasteiger partial charge in [-0.05, 0) is 31.9 Å². The van der Waals surface area contributed by atoms with Gasteiger partial charge in [-0.1, -0.05) is 25.1 Å². The summed E-state index contributed by atoms with van der Waals surface area (Å²) < 4.78 is 11.3. The summed E-state index contributed by atoms with van der Waals surface area (Å²) in [6.45, 7) is 6.93. The van der Waals surface area contributed by atoms with Crippen molar-refractivity contribution in [2.45, 2.75) is 33.6 Å². The van der Waals surface area contributed by atoms with Crippen molar-refractivity contribution < 1.29 is 19.4 Å². The maximum atomic E-state index is 10.7. The van der Waals surface area contributed by atoms with Crippen LogP contribution in [0.5, 0.6) is 11.5 Å². The zero-order valence-electron chi connectivity index (χ0n) is 12.3. The molecule has 110 valence electrons. The zero-order chi connectivity index (χ0) is 15.0. The van der Waals surface area contributed by atoms with Crippen LogP contribution in [0.15, 0.2) is 24.3 Å². The predicted octanol–water partition coefficient (Wildman–Crippen LogP) is 3.75. The van der Waals surface area contributed by atoms with Crippen LogP contribution in [-0.2, 0) is 4.79 Å². The largest absolute Gasteiger partial charge is 0.490 e. The topological polar surface area (TPSA) is 55.8 Å². The monoisotopic (exact) mass is 278 g/mol. The number of benzene rings is 1. The van der Waals surface area contributed by atoms with E-state index in [1.165, 1.54) is 0 Å². The molecule has 0 unspecified atom stereocenters. The third-order valence-corrected chi connectivity index (χ3v) is 2.82. The fourth-order valence-electron chi connectivity index (χ4n) is 1.99. The number of para-hydroxylation sites is 1. The molecule has 0 aliphatic rings. The normalized spacial score (nSPS) is 11.2. The number of hydrogen-bond donors (Lipinski definition) is 1. The minimum absolute atomic E-state index is 0.00754. The maximum absolute atomic E-state index is 10.7. The van der Waals surface area contributed by atoms with Crippen LogP contribution in [-0.4, -0.2) is 24.3 Å². The van der Waals surface area contributed by atoms with E-state index in [4.69, 9.17) is 14.6 Å². The van der Waals surface area contributed by atoms with Crippen molar-refractivity contribution in [1.82, 2.24) is 0 Å². The molecule has 0 aliphatic heterocycles. The number of rotatable bonds is 8. The Morgan fingerprint density at radius 3 is 2.45 bits per heavy atom. The van der Waals surface area contributed by atoms with Crippen molar-refractivity contribution in [3.63, 3.8) is 0 Å². The Bertz CT molecular complexity index is 477. The molecule has 0 aliphatic carbocycles. The van der Waals surface area contributed by atoms with Crippen LogP contribution >= 0.6 is 0 Å². The Hall–Kier alpha value is -1.97. The van der Waals surface area contributed by atoms with E-state index in [9.17, 15) is 4.79 Å². The SMILES string of the molecule is CCOc1cccc(/C(=C/CC(=O)O)CC)c1OCC. The smallest absolute Gasteiger partial charge is 0.307 e. The first kappa shape index (κ1) is 16.1. The van der Waals surface area contributed by atoms with E-state index in [1.807, 2.05) is 39.0 Å². The number of ether oxygens (including phenoxy) is 2. The van der Waals surface area contributed by atoms with Crippen LogP contribution in [0.2, 0.25) is 0 Å². The Balaban J connectivity index is 3.22. The lowest BCUT2D eigenvalue weighted by atomic mass is 10.0. The molecular weight excluding hydrogens is 256 g/mol. The molecule has 4 nitrogen and oxygen atoms in total. The Morgan fingerprint density at radius 2 is 1.90 bits per heavy atom. The highest BCUT2D eigenvalue weighted by Gasteiger charge is 2.13. The number of allylic oxidation sites excluding steroid dienone is 1.